The van der Waals surface area contributed by atoms with Crippen LogP contribution in [0.5, 0.6) is 0 Å². The number of epoxide rings is 1. The van der Waals surface area contributed by atoms with Gasteiger partial charge in [0.25, 0.3) is 0 Å². The van der Waals surface area contributed by atoms with Crippen molar-refractivity contribution >= 4 is 11.9 Å². The van der Waals surface area contributed by atoms with Gasteiger partial charge in [-0.05, 0) is 38.7 Å². The number of aliphatic hydroxyl groups is 1. The molecule has 3 saturated heterocycles. The molecule has 3 aliphatic rings. The number of aryl methyl sites for hydroxylation is 1. The van der Waals surface area contributed by atoms with Crippen LogP contribution in [0.4, 0.5) is 0 Å². The Morgan fingerprint density at radius 1 is 1.25 bits per heavy atom. The molecule has 0 unspecified atom stereocenters. The zero-order valence-corrected chi connectivity index (χ0v) is 23.8. The molecule has 0 aromatic carbocycles. The van der Waals surface area contributed by atoms with Crippen molar-refractivity contribution in [2.75, 3.05) is 6.61 Å². The Morgan fingerprint density at radius 2 is 2.00 bits per heavy atom. The summed E-state index contributed by atoms with van der Waals surface area (Å²) in [4.78, 5) is 27.9. The zero-order valence-electron chi connectivity index (χ0n) is 23.8. The topological polar surface area (TPSA) is 157 Å². The molecule has 0 radical (unpaired) electrons. The van der Waals surface area contributed by atoms with E-state index in [4.69, 9.17) is 23.8 Å². The summed E-state index contributed by atoms with van der Waals surface area (Å²) < 4.78 is 22.6. The van der Waals surface area contributed by atoms with Gasteiger partial charge in [0, 0.05) is 19.3 Å². The number of amides is 1. The Labute approximate surface area is 234 Å². The maximum absolute atomic E-state index is 12.5. The van der Waals surface area contributed by atoms with Crippen LogP contribution in [-0.2, 0) is 23.8 Å². The van der Waals surface area contributed by atoms with Crippen LogP contribution in [0.3, 0.4) is 0 Å². The van der Waals surface area contributed by atoms with Gasteiger partial charge >= 0.3 is 5.97 Å². The summed E-state index contributed by atoms with van der Waals surface area (Å²) in [5.74, 6) is -0.00589. The van der Waals surface area contributed by atoms with E-state index in [9.17, 15) is 14.7 Å². The average Bonchev–Trinajstić information content (AvgIpc) is 3.53. The van der Waals surface area contributed by atoms with Crippen molar-refractivity contribution in [1.29, 1.82) is 0 Å². The number of hydrogen-bond acceptors (Lipinski definition) is 9. The molecule has 11 nitrogen and oxygen atoms in total. The minimum absolute atomic E-state index is 0.00291. The minimum Gasteiger partial charge on any atom is -0.481 e. The maximum atomic E-state index is 12.5. The number of nitrogens with zero attached hydrogens (tertiary/aromatic N) is 2. The smallest absolute Gasteiger partial charge is 0.305 e. The number of aliphatic hydroxyl groups excluding tert-OH is 1. The second-order valence-electron chi connectivity index (χ2n) is 11.4. The lowest BCUT2D eigenvalue weighted by Gasteiger charge is -2.39. The summed E-state index contributed by atoms with van der Waals surface area (Å²) in [5.41, 5.74) is 0.289. The number of hydrogen-bond donors (Lipinski definition) is 3. The van der Waals surface area contributed by atoms with Crippen molar-refractivity contribution in [2.45, 2.75) is 108 Å². The van der Waals surface area contributed by atoms with Crippen molar-refractivity contribution in [1.82, 2.24) is 15.5 Å². The van der Waals surface area contributed by atoms with Crippen LogP contribution >= 0.6 is 0 Å². The predicted molar refractivity (Wildman–Crippen MR) is 144 cm³/mol. The molecule has 3 N–H and O–H groups in total. The standard InChI is InChI=1S/C29H41N3O8/c1-16(7-10-24-27(36)29(15-37-29)14-21(39-24)13-26(34)35)6-9-23-18(3)12-22(19(4)38-23)31-25(33)11-8-17(2)28-30-20(5)40-32-28/h6-8,10-11,17-19,21-24,27,36H,9,12-15H2,1-5H3,(H,31,33)(H,34,35)/b10-7+,11-8-,16-6+/t17-,18+,19-,21-,22-,23+,24-,27-,29-/m1/s1. The largest absolute Gasteiger partial charge is 0.481 e. The van der Waals surface area contributed by atoms with Crippen LogP contribution in [-0.4, -0.2) is 81.0 Å². The lowest BCUT2D eigenvalue weighted by molar-refractivity contribution is -0.155. The van der Waals surface area contributed by atoms with Gasteiger partial charge in [0.05, 0.1) is 37.4 Å². The number of aliphatic carboxylic acids is 1. The fraction of sp³-hybridized carbons (Fsp3) is 0.655. The number of allylic oxidation sites excluding steroid dienone is 3. The molecule has 4 rings (SSSR count). The third-order valence-electron chi connectivity index (χ3n) is 7.94. The lowest BCUT2D eigenvalue weighted by atomic mass is 9.87. The Bertz CT molecular complexity index is 1140. The average molecular weight is 560 g/mol. The van der Waals surface area contributed by atoms with Crippen molar-refractivity contribution in [3.05, 3.63) is 47.7 Å². The summed E-state index contributed by atoms with van der Waals surface area (Å²) in [6.45, 7) is 10.1. The molecule has 3 fully saturated rings. The fourth-order valence-electron chi connectivity index (χ4n) is 5.38. The van der Waals surface area contributed by atoms with Gasteiger partial charge in [-0.1, -0.05) is 48.9 Å². The number of ether oxygens (including phenoxy) is 3. The third-order valence-corrected chi connectivity index (χ3v) is 7.94. The molecule has 9 atom stereocenters. The Balaban J connectivity index is 1.26. The first-order valence-corrected chi connectivity index (χ1v) is 13.9. The van der Waals surface area contributed by atoms with Gasteiger partial charge in [-0.2, -0.15) is 4.98 Å². The molecule has 1 aromatic rings. The third kappa shape index (κ3) is 7.66. The summed E-state index contributed by atoms with van der Waals surface area (Å²) >= 11 is 0. The van der Waals surface area contributed by atoms with Crippen molar-refractivity contribution in [3.63, 3.8) is 0 Å². The van der Waals surface area contributed by atoms with E-state index in [0.29, 0.717) is 31.2 Å². The van der Waals surface area contributed by atoms with Crippen molar-refractivity contribution in [2.24, 2.45) is 5.92 Å². The number of carboxylic acids is 1. The summed E-state index contributed by atoms with van der Waals surface area (Å²) in [7, 11) is 0. The molecule has 0 aliphatic carbocycles. The van der Waals surface area contributed by atoms with E-state index in [1.165, 1.54) is 6.08 Å². The summed E-state index contributed by atoms with van der Waals surface area (Å²) in [5, 5.41) is 26.8. The van der Waals surface area contributed by atoms with Crippen LogP contribution in [0, 0.1) is 12.8 Å². The zero-order chi connectivity index (χ0) is 29.0. The van der Waals surface area contributed by atoms with Crippen LogP contribution in [0.15, 0.2) is 40.5 Å². The van der Waals surface area contributed by atoms with Gasteiger partial charge in [-0.25, -0.2) is 0 Å². The first-order chi connectivity index (χ1) is 19.0. The summed E-state index contributed by atoms with van der Waals surface area (Å²) in [6, 6.07) is -0.100. The first kappa shape index (κ1) is 30.1. The molecule has 11 heteroatoms. The molecule has 0 bridgehead atoms. The van der Waals surface area contributed by atoms with E-state index >= 15 is 0 Å². The van der Waals surface area contributed by atoms with Gasteiger partial charge in [0.15, 0.2) is 5.82 Å². The molecule has 40 heavy (non-hydrogen) atoms. The van der Waals surface area contributed by atoms with Gasteiger partial charge in [-0.3, -0.25) is 9.59 Å². The number of aromatic nitrogens is 2. The molecule has 220 valence electrons. The SMILES string of the molecule is CC(/C=C/[C@H]1O[C@H](CC(=O)O)C[C@@]2(CO2)[C@@H]1O)=C\C[C@@H]1O[C@H](C)[C@H](NC(=O)/C=C\[C@@H](C)c2noc(C)n2)C[C@@H]1C. The number of rotatable bonds is 10. The fourth-order valence-corrected chi connectivity index (χ4v) is 5.38. The first-order valence-electron chi connectivity index (χ1n) is 13.9. The molecule has 1 spiro atoms. The van der Waals surface area contributed by atoms with Crippen LogP contribution in [0.25, 0.3) is 0 Å². The lowest BCUT2D eigenvalue weighted by Crippen LogP contribution is -2.50. The molecular formula is C29H41N3O8. The van der Waals surface area contributed by atoms with E-state index < -0.39 is 29.9 Å². The quantitative estimate of drug-likeness (QED) is 0.221. The highest BCUT2D eigenvalue weighted by Crippen LogP contribution is 2.43. The molecule has 3 aliphatic heterocycles. The number of carboxylic acid groups (broad SMARTS) is 1. The second kappa shape index (κ2) is 12.8. The van der Waals surface area contributed by atoms with Crippen LogP contribution in [0.1, 0.15) is 71.0 Å². The highest BCUT2D eigenvalue weighted by atomic mass is 16.6. The Kier molecular flexibility index (Phi) is 9.60. The van der Waals surface area contributed by atoms with Gasteiger partial charge in [0.2, 0.25) is 11.8 Å². The van der Waals surface area contributed by atoms with E-state index in [0.717, 1.165) is 12.0 Å². The van der Waals surface area contributed by atoms with Crippen molar-refractivity contribution < 1.29 is 38.5 Å². The minimum atomic E-state index is -0.935. The highest BCUT2D eigenvalue weighted by molar-refractivity contribution is 5.87. The molecule has 4 heterocycles. The van der Waals surface area contributed by atoms with Gasteiger partial charge in [-0.15, -0.1) is 0 Å². The van der Waals surface area contributed by atoms with Crippen molar-refractivity contribution in [3.8, 4) is 0 Å². The number of carbonyl (C=O) groups is 2. The molecule has 1 amide bonds. The second-order valence-corrected chi connectivity index (χ2v) is 11.4. The summed E-state index contributed by atoms with van der Waals surface area (Å²) in [6.07, 6.45) is 8.65. The van der Waals surface area contributed by atoms with Gasteiger partial charge in [0.1, 0.15) is 17.8 Å². The number of carbonyl (C=O) groups excluding carboxylic acids is 1. The van der Waals surface area contributed by atoms with E-state index in [1.807, 2.05) is 26.8 Å². The Morgan fingerprint density at radius 3 is 2.65 bits per heavy atom. The predicted octanol–water partition coefficient (Wildman–Crippen LogP) is 2.99. The molecule has 0 saturated carbocycles. The molecular weight excluding hydrogens is 518 g/mol. The number of nitrogens with one attached hydrogen (secondary N) is 1. The van der Waals surface area contributed by atoms with E-state index in [-0.39, 0.29) is 42.4 Å². The Hall–Kier alpha value is -2.86. The van der Waals surface area contributed by atoms with Gasteiger partial charge < -0.3 is 34.3 Å². The maximum Gasteiger partial charge on any atom is 0.305 e. The normalized spacial score (nSPS) is 35.4. The van der Waals surface area contributed by atoms with E-state index in [2.05, 4.69) is 28.5 Å². The highest BCUT2D eigenvalue weighted by Gasteiger charge is 2.58. The monoisotopic (exact) mass is 559 g/mol. The van der Waals surface area contributed by atoms with Crippen LogP contribution in [0.2, 0.25) is 0 Å². The van der Waals surface area contributed by atoms with E-state index in [1.54, 1.807) is 19.1 Å². The van der Waals surface area contributed by atoms with Crippen LogP contribution < -0.4 is 5.32 Å². The molecule has 1 aromatic heterocycles.